The van der Waals surface area contributed by atoms with Gasteiger partial charge in [0, 0.05) is 24.3 Å². The van der Waals surface area contributed by atoms with Crippen molar-refractivity contribution >= 4 is 23.8 Å². The Kier molecular flexibility index (Phi) is 2.40. The second kappa shape index (κ2) is 3.94. The summed E-state index contributed by atoms with van der Waals surface area (Å²) in [6, 6.07) is 7.15. The van der Waals surface area contributed by atoms with E-state index in [0.717, 1.165) is 12.0 Å². The Hall–Kier alpha value is -2.17. The molecule has 0 bridgehead atoms. The lowest BCUT2D eigenvalue weighted by atomic mass is 10.00. The number of imide groups is 1. The normalized spacial score (nSPS) is 26.1. The molecule has 0 spiro atoms. The molecule has 2 aliphatic rings. The van der Waals surface area contributed by atoms with Crippen LogP contribution in [0.25, 0.3) is 0 Å². The van der Waals surface area contributed by atoms with Crippen molar-refractivity contribution in [3.63, 3.8) is 0 Å². The van der Waals surface area contributed by atoms with Gasteiger partial charge in [0.2, 0.25) is 11.8 Å². The molecule has 0 aromatic heterocycles. The third-order valence-corrected chi connectivity index (χ3v) is 3.63. The summed E-state index contributed by atoms with van der Waals surface area (Å²) in [5.41, 5.74) is 1.56. The minimum atomic E-state index is -0.233. The van der Waals surface area contributed by atoms with Crippen molar-refractivity contribution < 1.29 is 14.4 Å². The van der Waals surface area contributed by atoms with Crippen LogP contribution in [0.5, 0.6) is 0 Å². The van der Waals surface area contributed by atoms with E-state index in [2.05, 4.69) is 5.32 Å². The first-order chi connectivity index (χ1) is 8.69. The average Bonchev–Trinajstić information content (AvgIpc) is 2.93. The number of hydrogen-bond acceptors (Lipinski definition) is 4. The predicted octanol–water partition coefficient (Wildman–Crippen LogP) is 0.208. The topological polar surface area (TPSA) is 66.5 Å². The Morgan fingerprint density at radius 3 is 2.11 bits per heavy atom. The third-order valence-electron chi connectivity index (χ3n) is 3.63. The standard InChI is InChI=1S/C13H12N2O3/c16-7-8-1-3-9(4-2-8)15-5-10-11(6-15)13(18)14-12(10)17/h1-4,7,10-11H,5-6H2,(H,14,17,18)/t10-,11+. The summed E-state index contributed by atoms with van der Waals surface area (Å²) in [5.74, 6) is -0.805. The maximum atomic E-state index is 11.5. The molecular weight excluding hydrogens is 232 g/mol. The number of hydrogen-bond donors (Lipinski definition) is 1. The molecule has 1 aromatic rings. The summed E-state index contributed by atoms with van der Waals surface area (Å²) in [5, 5.41) is 2.36. The van der Waals surface area contributed by atoms with Crippen LogP contribution in [0.15, 0.2) is 24.3 Å². The van der Waals surface area contributed by atoms with E-state index < -0.39 is 0 Å². The minimum Gasteiger partial charge on any atom is -0.370 e. The van der Waals surface area contributed by atoms with Crippen molar-refractivity contribution in [2.24, 2.45) is 11.8 Å². The zero-order valence-electron chi connectivity index (χ0n) is 9.63. The molecule has 3 rings (SSSR count). The van der Waals surface area contributed by atoms with Crippen LogP contribution in [0.1, 0.15) is 10.4 Å². The number of anilines is 1. The molecular formula is C13H12N2O3. The van der Waals surface area contributed by atoms with E-state index in [4.69, 9.17) is 0 Å². The van der Waals surface area contributed by atoms with Crippen molar-refractivity contribution in [2.45, 2.75) is 0 Å². The van der Waals surface area contributed by atoms with Gasteiger partial charge in [0.15, 0.2) is 0 Å². The molecule has 2 aliphatic heterocycles. The Morgan fingerprint density at radius 2 is 1.61 bits per heavy atom. The molecule has 0 unspecified atom stereocenters. The molecule has 2 heterocycles. The molecule has 1 aromatic carbocycles. The highest BCUT2D eigenvalue weighted by Gasteiger charge is 2.47. The van der Waals surface area contributed by atoms with E-state index in [1.807, 2.05) is 17.0 Å². The predicted molar refractivity (Wildman–Crippen MR) is 64.2 cm³/mol. The van der Waals surface area contributed by atoms with Gasteiger partial charge in [-0.25, -0.2) is 0 Å². The second-order valence-electron chi connectivity index (χ2n) is 4.68. The average molecular weight is 244 g/mol. The number of carbonyl (C=O) groups is 3. The molecule has 1 N–H and O–H groups in total. The summed E-state index contributed by atoms with van der Waals surface area (Å²) < 4.78 is 0. The van der Waals surface area contributed by atoms with Gasteiger partial charge in [-0.3, -0.25) is 19.7 Å². The lowest BCUT2D eigenvalue weighted by molar-refractivity contribution is -0.126. The first kappa shape index (κ1) is 11.0. The molecule has 2 amide bonds. The minimum absolute atomic E-state index is 0.169. The Bertz CT molecular complexity index is 502. The van der Waals surface area contributed by atoms with Gasteiger partial charge in [0.25, 0.3) is 0 Å². The van der Waals surface area contributed by atoms with Gasteiger partial charge in [0.1, 0.15) is 6.29 Å². The zero-order valence-corrected chi connectivity index (χ0v) is 9.63. The zero-order chi connectivity index (χ0) is 12.7. The monoisotopic (exact) mass is 244 g/mol. The van der Waals surface area contributed by atoms with Crippen molar-refractivity contribution in [1.82, 2.24) is 5.32 Å². The van der Waals surface area contributed by atoms with E-state index in [1.54, 1.807) is 12.1 Å². The summed E-state index contributed by atoms with van der Waals surface area (Å²) in [7, 11) is 0. The van der Waals surface area contributed by atoms with Crippen LogP contribution in [0.3, 0.4) is 0 Å². The number of nitrogens with zero attached hydrogens (tertiary/aromatic N) is 1. The number of benzene rings is 1. The number of rotatable bonds is 2. The molecule has 2 saturated heterocycles. The fourth-order valence-electron chi connectivity index (χ4n) is 2.62. The SMILES string of the molecule is O=Cc1ccc(N2C[C@@H]3C(=O)NC(=O)[C@@H]3C2)cc1. The van der Waals surface area contributed by atoms with Crippen molar-refractivity contribution in [1.29, 1.82) is 0 Å². The molecule has 0 saturated carbocycles. The Morgan fingerprint density at radius 1 is 1.06 bits per heavy atom. The summed E-state index contributed by atoms with van der Waals surface area (Å²) >= 11 is 0. The number of fused-ring (bicyclic) bond motifs is 1. The fraction of sp³-hybridized carbons (Fsp3) is 0.308. The lowest BCUT2D eigenvalue weighted by Crippen LogP contribution is -2.31. The van der Waals surface area contributed by atoms with Gasteiger partial charge in [-0.05, 0) is 24.3 Å². The van der Waals surface area contributed by atoms with E-state index in [0.29, 0.717) is 18.7 Å². The van der Waals surface area contributed by atoms with Gasteiger partial charge >= 0.3 is 0 Å². The summed E-state index contributed by atoms with van der Waals surface area (Å²) in [6.07, 6.45) is 0.791. The van der Waals surface area contributed by atoms with Gasteiger partial charge in [-0.1, -0.05) is 0 Å². The third kappa shape index (κ3) is 1.59. The highest BCUT2D eigenvalue weighted by Crippen LogP contribution is 2.31. The molecule has 2 atom stereocenters. The number of amides is 2. The fourth-order valence-corrected chi connectivity index (χ4v) is 2.62. The van der Waals surface area contributed by atoms with E-state index in [-0.39, 0.29) is 23.7 Å². The molecule has 0 aliphatic carbocycles. The highest BCUT2D eigenvalue weighted by atomic mass is 16.2. The smallest absolute Gasteiger partial charge is 0.232 e. The van der Waals surface area contributed by atoms with Gasteiger partial charge in [-0.15, -0.1) is 0 Å². The van der Waals surface area contributed by atoms with Gasteiger partial charge < -0.3 is 4.90 Å². The molecule has 5 heteroatoms. The van der Waals surface area contributed by atoms with E-state index in [9.17, 15) is 14.4 Å². The van der Waals surface area contributed by atoms with Crippen LogP contribution in [-0.4, -0.2) is 31.2 Å². The summed E-state index contributed by atoms with van der Waals surface area (Å²) in [6.45, 7) is 1.12. The number of nitrogens with one attached hydrogen (secondary N) is 1. The first-order valence-electron chi connectivity index (χ1n) is 5.84. The summed E-state index contributed by atoms with van der Waals surface area (Å²) in [4.78, 5) is 35.7. The first-order valence-corrected chi connectivity index (χ1v) is 5.84. The van der Waals surface area contributed by atoms with Crippen molar-refractivity contribution in [3.8, 4) is 0 Å². The molecule has 5 nitrogen and oxygen atoms in total. The quantitative estimate of drug-likeness (QED) is 0.596. The van der Waals surface area contributed by atoms with Crippen LogP contribution < -0.4 is 10.2 Å². The van der Waals surface area contributed by atoms with Crippen LogP contribution >= 0.6 is 0 Å². The molecule has 18 heavy (non-hydrogen) atoms. The van der Waals surface area contributed by atoms with Crippen LogP contribution in [0.2, 0.25) is 0 Å². The highest BCUT2D eigenvalue weighted by molar-refractivity contribution is 6.06. The molecule has 2 fully saturated rings. The van der Waals surface area contributed by atoms with Crippen molar-refractivity contribution in [2.75, 3.05) is 18.0 Å². The van der Waals surface area contributed by atoms with Gasteiger partial charge in [0.05, 0.1) is 11.8 Å². The Labute approximate surface area is 104 Å². The van der Waals surface area contributed by atoms with Crippen LogP contribution in [0, 0.1) is 11.8 Å². The maximum absolute atomic E-state index is 11.5. The lowest BCUT2D eigenvalue weighted by Gasteiger charge is -2.19. The van der Waals surface area contributed by atoms with E-state index in [1.165, 1.54) is 0 Å². The van der Waals surface area contributed by atoms with Crippen LogP contribution in [-0.2, 0) is 9.59 Å². The second-order valence-corrected chi connectivity index (χ2v) is 4.68. The van der Waals surface area contributed by atoms with Crippen LogP contribution in [0.4, 0.5) is 5.69 Å². The molecule has 0 radical (unpaired) electrons. The number of carbonyl (C=O) groups excluding carboxylic acids is 3. The van der Waals surface area contributed by atoms with Gasteiger partial charge in [-0.2, -0.15) is 0 Å². The Balaban J connectivity index is 1.81. The number of aldehydes is 1. The maximum Gasteiger partial charge on any atom is 0.232 e. The van der Waals surface area contributed by atoms with E-state index >= 15 is 0 Å². The van der Waals surface area contributed by atoms with Crippen molar-refractivity contribution in [3.05, 3.63) is 29.8 Å². The molecule has 92 valence electrons. The largest absolute Gasteiger partial charge is 0.370 e.